The fraction of sp³-hybridized carbons (Fsp3) is 0.211. The second-order valence-corrected chi connectivity index (χ2v) is 5.45. The second-order valence-electron chi connectivity index (χ2n) is 5.45. The van der Waals surface area contributed by atoms with Crippen LogP contribution in [0.15, 0.2) is 42.0 Å². The smallest absolute Gasteiger partial charge is 0.189 e. The molecule has 3 rings (SSSR count). The summed E-state index contributed by atoms with van der Waals surface area (Å²) in [5.74, 6) is 1.28. The van der Waals surface area contributed by atoms with Crippen LogP contribution in [-0.2, 0) is 6.42 Å². The number of carbonyl (C=O) groups is 1. The van der Waals surface area contributed by atoms with Gasteiger partial charge in [0.2, 0.25) is 0 Å². The van der Waals surface area contributed by atoms with Crippen molar-refractivity contribution in [2.75, 3.05) is 14.2 Å². The van der Waals surface area contributed by atoms with E-state index in [1.165, 1.54) is 7.11 Å². The van der Waals surface area contributed by atoms with Crippen molar-refractivity contribution in [3.63, 3.8) is 0 Å². The van der Waals surface area contributed by atoms with Crippen molar-refractivity contribution in [2.45, 2.75) is 12.8 Å². The molecule has 0 amide bonds. The number of hydrogen-bond donors (Lipinski definition) is 1. The first-order valence-electron chi connectivity index (χ1n) is 7.41. The number of allylic oxidation sites excluding steroid dienone is 1. The minimum atomic E-state index is 0.0317. The van der Waals surface area contributed by atoms with Gasteiger partial charge < -0.3 is 14.6 Å². The molecule has 4 heteroatoms. The van der Waals surface area contributed by atoms with Crippen molar-refractivity contribution < 1.29 is 19.4 Å². The van der Waals surface area contributed by atoms with Crippen LogP contribution >= 0.6 is 0 Å². The summed E-state index contributed by atoms with van der Waals surface area (Å²) in [7, 11) is 3.12. The van der Waals surface area contributed by atoms with Gasteiger partial charge in [-0.3, -0.25) is 4.79 Å². The fourth-order valence-electron chi connectivity index (χ4n) is 2.82. The molecule has 2 aromatic carbocycles. The van der Waals surface area contributed by atoms with E-state index in [1.807, 2.05) is 24.3 Å². The highest BCUT2D eigenvalue weighted by Crippen LogP contribution is 2.31. The molecule has 0 unspecified atom stereocenters. The molecule has 0 saturated heterocycles. The lowest BCUT2D eigenvalue weighted by molar-refractivity contribution is 0.102. The quantitative estimate of drug-likeness (QED) is 0.880. The van der Waals surface area contributed by atoms with E-state index < -0.39 is 0 Å². The van der Waals surface area contributed by atoms with Crippen molar-refractivity contribution in [3.8, 4) is 17.2 Å². The molecule has 0 atom stereocenters. The molecule has 4 nitrogen and oxygen atoms in total. The van der Waals surface area contributed by atoms with Crippen LogP contribution in [0.2, 0.25) is 0 Å². The van der Waals surface area contributed by atoms with Gasteiger partial charge in [0, 0.05) is 11.1 Å². The Kier molecular flexibility index (Phi) is 4.06. The largest absolute Gasteiger partial charge is 0.504 e. The second kappa shape index (κ2) is 6.16. The topological polar surface area (TPSA) is 55.8 Å². The van der Waals surface area contributed by atoms with Crippen LogP contribution in [0, 0.1) is 0 Å². The number of ketones is 1. The molecule has 1 N–H and O–H groups in total. The normalized spacial score (nSPS) is 15.4. The van der Waals surface area contributed by atoms with E-state index in [1.54, 1.807) is 25.3 Å². The van der Waals surface area contributed by atoms with Crippen LogP contribution in [0.5, 0.6) is 17.2 Å². The number of methoxy groups -OCH3 is 2. The lowest BCUT2D eigenvalue weighted by Crippen LogP contribution is -2.14. The molecular weight excluding hydrogens is 292 g/mol. The third-order valence-electron chi connectivity index (χ3n) is 4.06. The molecule has 0 aromatic heterocycles. The van der Waals surface area contributed by atoms with E-state index in [0.717, 1.165) is 34.4 Å². The molecule has 0 heterocycles. The minimum absolute atomic E-state index is 0.0317. The number of phenols is 1. The van der Waals surface area contributed by atoms with E-state index >= 15 is 0 Å². The summed E-state index contributed by atoms with van der Waals surface area (Å²) in [5.41, 5.74) is 3.26. The van der Waals surface area contributed by atoms with Crippen LogP contribution in [0.4, 0.5) is 0 Å². The molecule has 0 aliphatic heterocycles. The predicted octanol–water partition coefficient (Wildman–Crippen LogP) is 3.62. The first-order chi connectivity index (χ1) is 11.1. The average Bonchev–Trinajstić information content (AvgIpc) is 2.57. The first kappa shape index (κ1) is 15.2. The van der Waals surface area contributed by atoms with Gasteiger partial charge in [-0.25, -0.2) is 0 Å². The Labute approximate surface area is 135 Å². The zero-order valence-corrected chi connectivity index (χ0v) is 13.1. The lowest BCUT2D eigenvalue weighted by atomic mass is 9.86. The summed E-state index contributed by atoms with van der Waals surface area (Å²) in [6.45, 7) is 0. The molecule has 0 spiro atoms. The van der Waals surface area contributed by atoms with Crippen molar-refractivity contribution >= 4 is 11.9 Å². The number of ether oxygens (including phenoxy) is 2. The van der Waals surface area contributed by atoms with Gasteiger partial charge in [-0.1, -0.05) is 6.07 Å². The molecule has 0 fully saturated rings. The van der Waals surface area contributed by atoms with Crippen molar-refractivity contribution in [2.24, 2.45) is 0 Å². The van der Waals surface area contributed by atoms with E-state index in [0.29, 0.717) is 12.2 Å². The highest BCUT2D eigenvalue weighted by molar-refractivity contribution is 6.13. The van der Waals surface area contributed by atoms with Crippen molar-refractivity contribution in [3.05, 3.63) is 58.7 Å². The van der Waals surface area contributed by atoms with E-state index in [2.05, 4.69) is 0 Å². The maximum atomic E-state index is 12.6. The Morgan fingerprint density at radius 2 is 1.87 bits per heavy atom. The predicted molar refractivity (Wildman–Crippen MR) is 88.3 cm³/mol. The Balaban J connectivity index is 1.92. The van der Waals surface area contributed by atoms with E-state index in [4.69, 9.17) is 9.47 Å². The Morgan fingerprint density at radius 1 is 1.04 bits per heavy atom. The zero-order valence-electron chi connectivity index (χ0n) is 13.1. The third-order valence-corrected chi connectivity index (χ3v) is 4.06. The molecule has 118 valence electrons. The third kappa shape index (κ3) is 2.93. The molecular formula is C19H18O4. The Morgan fingerprint density at radius 3 is 2.57 bits per heavy atom. The van der Waals surface area contributed by atoms with E-state index in [9.17, 15) is 9.90 Å². The highest BCUT2D eigenvalue weighted by Gasteiger charge is 2.22. The van der Waals surface area contributed by atoms with Gasteiger partial charge in [0.05, 0.1) is 14.2 Å². The summed E-state index contributed by atoms with van der Waals surface area (Å²) in [5, 5.41) is 9.85. The number of phenolic OH excluding ortho intramolecular Hbond substituents is 1. The molecule has 0 radical (unpaired) electrons. The fourth-order valence-corrected chi connectivity index (χ4v) is 2.82. The van der Waals surface area contributed by atoms with Crippen LogP contribution in [0.1, 0.15) is 27.9 Å². The number of benzene rings is 2. The minimum Gasteiger partial charge on any atom is -0.504 e. The molecule has 0 saturated carbocycles. The van der Waals surface area contributed by atoms with Crippen LogP contribution in [0.3, 0.4) is 0 Å². The summed E-state index contributed by atoms with van der Waals surface area (Å²) in [4.78, 5) is 12.6. The summed E-state index contributed by atoms with van der Waals surface area (Å²) >= 11 is 0. The summed E-state index contributed by atoms with van der Waals surface area (Å²) < 4.78 is 10.2. The monoisotopic (exact) mass is 310 g/mol. The van der Waals surface area contributed by atoms with Gasteiger partial charge >= 0.3 is 0 Å². The standard InChI is InChI=1S/C19H18O4/c1-22-15-6-7-16-13(11-15)4-5-14(19(16)21)9-12-3-8-18(23-2)17(20)10-12/h3,6-11,20H,4-5H2,1-2H3/b14-9+. The number of hydrogen-bond acceptors (Lipinski definition) is 4. The number of fused-ring (bicyclic) bond motifs is 1. The average molecular weight is 310 g/mol. The van der Waals surface area contributed by atoms with Gasteiger partial charge in [0.1, 0.15) is 5.75 Å². The Hall–Kier alpha value is -2.75. The highest BCUT2D eigenvalue weighted by atomic mass is 16.5. The lowest BCUT2D eigenvalue weighted by Gasteiger charge is -2.18. The SMILES string of the molecule is COc1ccc2c(c1)CC/C(=C\c1ccc(OC)c(O)c1)C2=O. The number of rotatable bonds is 3. The van der Waals surface area contributed by atoms with Gasteiger partial charge in [-0.2, -0.15) is 0 Å². The van der Waals surface area contributed by atoms with Crippen molar-refractivity contribution in [1.82, 2.24) is 0 Å². The van der Waals surface area contributed by atoms with Crippen LogP contribution < -0.4 is 9.47 Å². The maximum Gasteiger partial charge on any atom is 0.189 e. The number of aromatic hydroxyl groups is 1. The maximum absolute atomic E-state index is 12.6. The van der Waals surface area contributed by atoms with Gasteiger partial charge in [-0.05, 0) is 60.4 Å². The number of carbonyl (C=O) groups excluding carboxylic acids is 1. The first-order valence-corrected chi connectivity index (χ1v) is 7.41. The van der Waals surface area contributed by atoms with Crippen molar-refractivity contribution in [1.29, 1.82) is 0 Å². The van der Waals surface area contributed by atoms with Crippen LogP contribution in [0.25, 0.3) is 6.08 Å². The Bertz CT molecular complexity index is 790. The van der Waals surface area contributed by atoms with Gasteiger partial charge in [-0.15, -0.1) is 0 Å². The van der Waals surface area contributed by atoms with Crippen LogP contribution in [-0.4, -0.2) is 25.1 Å². The number of aryl methyl sites for hydroxylation is 1. The zero-order chi connectivity index (χ0) is 16.4. The van der Waals surface area contributed by atoms with Gasteiger partial charge in [0.15, 0.2) is 17.3 Å². The number of Topliss-reactive ketones (excluding diaryl/α,β-unsaturated/α-hetero) is 1. The summed E-state index contributed by atoms with van der Waals surface area (Å²) in [6.07, 6.45) is 3.30. The summed E-state index contributed by atoms with van der Waals surface area (Å²) in [6, 6.07) is 10.6. The van der Waals surface area contributed by atoms with E-state index in [-0.39, 0.29) is 11.5 Å². The molecule has 1 aliphatic carbocycles. The molecule has 2 aromatic rings. The molecule has 1 aliphatic rings. The molecule has 0 bridgehead atoms. The molecule has 23 heavy (non-hydrogen) atoms. The van der Waals surface area contributed by atoms with Gasteiger partial charge in [0.25, 0.3) is 0 Å².